The largest absolute Gasteiger partial charge is 0.465 e. The second-order valence-electron chi connectivity index (χ2n) is 4.45. The summed E-state index contributed by atoms with van der Waals surface area (Å²) in [4.78, 5) is 15.6. The van der Waals surface area contributed by atoms with Gasteiger partial charge in [0.05, 0.1) is 12.7 Å². The number of rotatable bonds is 4. The Kier molecular flexibility index (Phi) is 4.20. The van der Waals surface area contributed by atoms with Crippen LogP contribution in [0.15, 0.2) is 36.7 Å². The summed E-state index contributed by atoms with van der Waals surface area (Å²) in [7, 11) is 1.34. The number of hydrogen-bond donors (Lipinski definition) is 2. The van der Waals surface area contributed by atoms with Gasteiger partial charge in [-0.3, -0.25) is 4.98 Å². The van der Waals surface area contributed by atoms with Crippen molar-refractivity contribution in [2.75, 3.05) is 18.2 Å². The molecule has 1 heterocycles. The second-order valence-corrected chi connectivity index (χ2v) is 4.45. The number of benzene rings is 1. The quantitative estimate of drug-likeness (QED) is 0.659. The smallest absolute Gasteiger partial charge is 0.340 e. The fourth-order valence-corrected chi connectivity index (χ4v) is 1.88. The van der Waals surface area contributed by atoms with E-state index in [1.807, 2.05) is 25.1 Å². The van der Waals surface area contributed by atoms with E-state index in [-0.39, 0.29) is 0 Å². The first-order valence-corrected chi connectivity index (χ1v) is 6.23. The Morgan fingerprint density at radius 3 is 2.70 bits per heavy atom. The lowest BCUT2D eigenvalue weighted by Crippen LogP contribution is -2.09. The van der Waals surface area contributed by atoms with E-state index in [4.69, 9.17) is 10.5 Å². The van der Waals surface area contributed by atoms with Crippen LogP contribution in [0.4, 0.5) is 11.4 Å². The van der Waals surface area contributed by atoms with E-state index in [1.54, 1.807) is 18.5 Å². The SMILES string of the molecule is COC(=O)c1cc(NCc2ccncc2)cc(C)c1N. The fourth-order valence-electron chi connectivity index (χ4n) is 1.88. The average molecular weight is 271 g/mol. The van der Waals surface area contributed by atoms with E-state index >= 15 is 0 Å². The molecule has 0 saturated heterocycles. The van der Waals surface area contributed by atoms with Gasteiger partial charge in [-0.1, -0.05) is 0 Å². The Morgan fingerprint density at radius 2 is 2.05 bits per heavy atom. The van der Waals surface area contributed by atoms with E-state index < -0.39 is 5.97 Å². The maximum atomic E-state index is 11.7. The van der Waals surface area contributed by atoms with E-state index in [2.05, 4.69) is 10.3 Å². The molecule has 0 atom stereocenters. The number of carbonyl (C=O) groups excluding carboxylic acids is 1. The molecule has 3 N–H and O–H groups in total. The number of carbonyl (C=O) groups is 1. The number of esters is 1. The molecule has 0 saturated carbocycles. The molecule has 20 heavy (non-hydrogen) atoms. The first-order valence-electron chi connectivity index (χ1n) is 6.23. The van der Waals surface area contributed by atoms with Crippen LogP contribution in [0.3, 0.4) is 0 Å². The van der Waals surface area contributed by atoms with Gasteiger partial charge in [0.2, 0.25) is 0 Å². The van der Waals surface area contributed by atoms with Crippen LogP contribution >= 0.6 is 0 Å². The van der Waals surface area contributed by atoms with Gasteiger partial charge in [0.1, 0.15) is 0 Å². The lowest BCUT2D eigenvalue weighted by molar-refractivity contribution is 0.0602. The number of aromatic nitrogens is 1. The zero-order valence-corrected chi connectivity index (χ0v) is 11.5. The highest BCUT2D eigenvalue weighted by molar-refractivity contribution is 5.97. The van der Waals surface area contributed by atoms with Gasteiger partial charge in [0.25, 0.3) is 0 Å². The maximum Gasteiger partial charge on any atom is 0.340 e. The number of pyridine rings is 1. The van der Waals surface area contributed by atoms with Crippen LogP contribution in [0.25, 0.3) is 0 Å². The van der Waals surface area contributed by atoms with Gasteiger partial charge in [-0.25, -0.2) is 4.79 Å². The molecule has 0 amide bonds. The second kappa shape index (κ2) is 6.06. The molecule has 0 aliphatic rings. The van der Waals surface area contributed by atoms with Crippen molar-refractivity contribution in [1.29, 1.82) is 0 Å². The molecule has 0 aliphatic carbocycles. The van der Waals surface area contributed by atoms with Gasteiger partial charge >= 0.3 is 5.97 Å². The number of methoxy groups -OCH3 is 1. The number of nitrogens with zero attached hydrogens (tertiary/aromatic N) is 1. The van der Waals surface area contributed by atoms with Crippen LogP contribution in [0.2, 0.25) is 0 Å². The molecular weight excluding hydrogens is 254 g/mol. The fraction of sp³-hybridized carbons (Fsp3) is 0.200. The average Bonchev–Trinajstić information content (AvgIpc) is 2.48. The molecule has 0 aliphatic heterocycles. The van der Waals surface area contributed by atoms with Crippen molar-refractivity contribution >= 4 is 17.3 Å². The number of nitrogens with two attached hydrogens (primary N) is 1. The monoisotopic (exact) mass is 271 g/mol. The summed E-state index contributed by atoms with van der Waals surface area (Å²) in [6, 6.07) is 7.47. The van der Waals surface area contributed by atoms with Gasteiger partial charge in [0, 0.05) is 30.3 Å². The topological polar surface area (TPSA) is 77.2 Å². The lowest BCUT2D eigenvalue weighted by Gasteiger charge is -2.12. The molecular formula is C15H17N3O2. The van der Waals surface area contributed by atoms with Crippen LogP contribution in [-0.4, -0.2) is 18.1 Å². The Labute approximate surface area is 117 Å². The van der Waals surface area contributed by atoms with Gasteiger partial charge in [-0.15, -0.1) is 0 Å². The molecule has 0 fully saturated rings. The lowest BCUT2D eigenvalue weighted by atomic mass is 10.1. The van der Waals surface area contributed by atoms with Crippen molar-refractivity contribution in [3.8, 4) is 0 Å². The molecule has 104 valence electrons. The first kappa shape index (κ1) is 13.9. The molecule has 0 unspecified atom stereocenters. The number of anilines is 2. The van der Waals surface area contributed by atoms with Crippen LogP contribution in [0, 0.1) is 6.92 Å². The minimum atomic E-state index is -0.432. The number of aryl methyl sites for hydroxylation is 1. The molecule has 2 aromatic rings. The number of ether oxygens (including phenoxy) is 1. The van der Waals surface area contributed by atoms with Crippen LogP contribution in [0.1, 0.15) is 21.5 Å². The standard InChI is InChI=1S/C15H17N3O2/c1-10-7-12(8-13(14(10)16)15(19)20-2)18-9-11-3-5-17-6-4-11/h3-8,18H,9,16H2,1-2H3. The van der Waals surface area contributed by atoms with E-state index in [1.165, 1.54) is 7.11 Å². The van der Waals surface area contributed by atoms with Crippen molar-refractivity contribution in [3.63, 3.8) is 0 Å². The van der Waals surface area contributed by atoms with Crippen molar-refractivity contribution in [1.82, 2.24) is 4.98 Å². The van der Waals surface area contributed by atoms with Crippen molar-refractivity contribution in [2.24, 2.45) is 0 Å². The van der Waals surface area contributed by atoms with E-state index in [0.717, 1.165) is 16.8 Å². The molecule has 5 nitrogen and oxygen atoms in total. The van der Waals surface area contributed by atoms with Crippen LogP contribution < -0.4 is 11.1 Å². The minimum absolute atomic E-state index is 0.379. The normalized spacial score (nSPS) is 10.1. The summed E-state index contributed by atoms with van der Waals surface area (Å²) in [5, 5.41) is 3.26. The molecule has 0 radical (unpaired) electrons. The summed E-state index contributed by atoms with van der Waals surface area (Å²) in [5.41, 5.74) is 9.50. The van der Waals surface area contributed by atoms with Crippen molar-refractivity contribution < 1.29 is 9.53 Å². The number of nitrogen functional groups attached to an aromatic ring is 1. The van der Waals surface area contributed by atoms with Crippen molar-refractivity contribution in [3.05, 3.63) is 53.3 Å². The molecule has 1 aromatic carbocycles. The molecule has 2 rings (SSSR count). The molecule has 5 heteroatoms. The van der Waals surface area contributed by atoms with Gasteiger partial charge in [-0.05, 0) is 42.3 Å². The first-order chi connectivity index (χ1) is 9.61. The Bertz CT molecular complexity index is 612. The summed E-state index contributed by atoms with van der Waals surface area (Å²) in [6.07, 6.45) is 3.48. The third-order valence-electron chi connectivity index (χ3n) is 3.04. The summed E-state index contributed by atoms with van der Waals surface area (Å²) in [5.74, 6) is -0.432. The van der Waals surface area contributed by atoms with Crippen molar-refractivity contribution in [2.45, 2.75) is 13.5 Å². The molecule has 0 bridgehead atoms. The van der Waals surface area contributed by atoms with E-state index in [0.29, 0.717) is 17.8 Å². The highest BCUT2D eigenvalue weighted by Gasteiger charge is 2.13. The summed E-state index contributed by atoms with van der Waals surface area (Å²) >= 11 is 0. The van der Waals surface area contributed by atoms with E-state index in [9.17, 15) is 4.79 Å². The predicted octanol–water partition coefficient (Wildman–Crippen LogP) is 2.37. The van der Waals surface area contributed by atoms with Crippen LogP contribution in [0.5, 0.6) is 0 Å². The molecule has 1 aromatic heterocycles. The summed E-state index contributed by atoms with van der Waals surface area (Å²) in [6.45, 7) is 2.51. The summed E-state index contributed by atoms with van der Waals surface area (Å²) < 4.78 is 4.73. The highest BCUT2D eigenvalue weighted by Crippen LogP contribution is 2.23. The zero-order chi connectivity index (χ0) is 14.5. The third kappa shape index (κ3) is 3.06. The zero-order valence-electron chi connectivity index (χ0n) is 11.5. The Morgan fingerprint density at radius 1 is 1.35 bits per heavy atom. The third-order valence-corrected chi connectivity index (χ3v) is 3.04. The van der Waals surface area contributed by atoms with Gasteiger partial charge in [-0.2, -0.15) is 0 Å². The number of hydrogen-bond acceptors (Lipinski definition) is 5. The van der Waals surface area contributed by atoms with Gasteiger partial charge in [0.15, 0.2) is 0 Å². The molecule has 0 spiro atoms. The highest BCUT2D eigenvalue weighted by atomic mass is 16.5. The minimum Gasteiger partial charge on any atom is -0.465 e. The number of nitrogens with one attached hydrogen (secondary N) is 1. The maximum absolute atomic E-state index is 11.7. The Hall–Kier alpha value is -2.56. The Balaban J connectivity index is 2.20. The van der Waals surface area contributed by atoms with Crippen LogP contribution in [-0.2, 0) is 11.3 Å². The van der Waals surface area contributed by atoms with Gasteiger partial charge < -0.3 is 15.8 Å². The predicted molar refractivity (Wildman–Crippen MR) is 78.5 cm³/mol.